The number of fused-ring (bicyclic) bond motifs is 1. The highest BCUT2D eigenvalue weighted by molar-refractivity contribution is 4.95. The van der Waals surface area contributed by atoms with Crippen LogP contribution in [0.15, 0.2) is 0 Å². The minimum Gasteiger partial charge on any atom is -0.298 e. The van der Waals surface area contributed by atoms with Gasteiger partial charge in [-0.2, -0.15) is 5.26 Å². The summed E-state index contributed by atoms with van der Waals surface area (Å²) in [5, 5.41) is 9.07. The molecular formula is C12H21N3. The fourth-order valence-electron chi connectivity index (χ4n) is 2.89. The second kappa shape index (κ2) is 4.96. The molecular weight excluding hydrogens is 186 g/mol. The summed E-state index contributed by atoms with van der Waals surface area (Å²) in [4.78, 5) is 5.00. The van der Waals surface area contributed by atoms with Crippen molar-refractivity contribution in [1.29, 1.82) is 5.26 Å². The fourth-order valence-corrected chi connectivity index (χ4v) is 2.89. The van der Waals surface area contributed by atoms with Crippen molar-refractivity contribution in [2.45, 2.75) is 44.7 Å². The highest BCUT2D eigenvalue weighted by Gasteiger charge is 2.31. The van der Waals surface area contributed by atoms with Crippen molar-refractivity contribution in [3.63, 3.8) is 0 Å². The third kappa shape index (κ3) is 2.32. The molecule has 0 aromatic carbocycles. The average Bonchev–Trinajstić information content (AvgIpc) is 2.30. The zero-order valence-corrected chi connectivity index (χ0v) is 9.65. The van der Waals surface area contributed by atoms with Crippen molar-refractivity contribution >= 4 is 0 Å². The summed E-state index contributed by atoms with van der Waals surface area (Å²) < 4.78 is 0. The van der Waals surface area contributed by atoms with Crippen LogP contribution in [-0.4, -0.2) is 48.1 Å². The molecule has 2 rings (SSSR count). The summed E-state index contributed by atoms with van der Waals surface area (Å²) in [6.07, 6.45) is 5.03. The van der Waals surface area contributed by atoms with Gasteiger partial charge >= 0.3 is 0 Å². The molecule has 2 aliphatic rings. The molecule has 0 saturated carbocycles. The van der Waals surface area contributed by atoms with Crippen LogP contribution in [0.4, 0.5) is 0 Å². The SMILES string of the molecule is CCC(C#N)N1CCN2CCCCC2C1. The predicted molar refractivity (Wildman–Crippen MR) is 60.5 cm³/mol. The van der Waals surface area contributed by atoms with E-state index in [1.165, 1.54) is 32.4 Å². The van der Waals surface area contributed by atoms with Gasteiger partial charge in [-0.1, -0.05) is 13.3 Å². The number of piperidine rings is 1. The molecule has 2 heterocycles. The van der Waals surface area contributed by atoms with Crippen molar-refractivity contribution in [2.75, 3.05) is 26.2 Å². The van der Waals surface area contributed by atoms with E-state index in [1.807, 2.05) is 0 Å². The van der Waals surface area contributed by atoms with E-state index in [0.29, 0.717) is 0 Å². The molecule has 0 aliphatic carbocycles. The van der Waals surface area contributed by atoms with Gasteiger partial charge in [0.1, 0.15) is 0 Å². The van der Waals surface area contributed by atoms with Crippen molar-refractivity contribution < 1.29 is 0 Å². The largest absolute Gasteiger partial charge is 0.298 e. The normalized spacial score (nSPS) is 30.5. The van der Waals surface area contributed by atoms with Crippen LogP contribution in [0.1, 0.15) is 32.6 Å². The van der Waals surface area contributed by atoms with Crippen LogP contribution in [0, 0.1) is 11.3 Å². The fraction of sp³-hybridized carbons (Fsp3) is 0.917. The van der Waals surface area contributed by atoms with E-state index in [1.54, 1.807) is 0 Å². The molecule has 84 valence electrons. The third-order valence-electron chi connectivity index (χ3n) is 3.85. The zero-order chi connectivity index (χ0) is 10.7. The van der Waals surface area contributed by atoms with Crippen LogP contribution < -0.4 is 0 Å². The first kappa shape index (κ1) is 10.9. The van der Waals surface area contributed by atoms with Gasteiger partial charge in [-0.25, -0.2) is 0 Å². The first-order chi connectivity index (χ1) is 7.35. The van der Waals surface area contributed by atoms with Crippen molar-refractivity contribution in [3.8, 4) is 6.07 Å². The Kier molecular flexibility index (Phi) is 3.61. The Hall–Kier alpha value is -0.590. The summed E-state index contributed by atoms with van der Waals surface area (Å²) in [7, 11) is 0. The van der Waals surface area contributed by atoms with Gasteiger partial charge in [0.05, 0.1) is 12.1 Å². The number of piperazine rings is 1. The van der Waals surface area contributed by atoms with E-state index in [9.17, 15) is 0 Å². The molecule has 2 atom stereocenters. The predicted octanol–water partition coefficient (Wildman–Crippen LogP) is 1.46. The highest BCUT2D eigenvalue weighted by atomic mass is 15.3. The summed E-state index contributed by atoms with van der Waals surface area (Å²) >= 11 is 0. The number of nitrogens with zero attached hydrogens (tertiary/aromatic N) is 3. The van der Waals surface area contributed by atoms with Gasteiger partial charge in [0.15, 0.2) is 0 Å². The van der Waals surface area contributed by atoms with Crippen LogP contribution >= 0.6 is 0 Å². The number of hydrogen-bond donors (Lipinski definition) is 0. The second-order valence-corrected chi connectivity index (χ2v) is 4.73. The van der Waals surface area contributed by atoms with Gasteiger partial charge in [0, 0.05) is 25.7 Å². The minimum atomic E-state index is 0.147. The second-order valence-electron chi connectivity index (χ2n) is 4.73. The van der Waals surface area contributed by atoms with Gasteiger partial charge < -0.3 is 0 Å². The van der Waals surface area contributed by atoms with Gasteiger partial charge in [-0.15, -0.1) is 0 Å². The Morgan fingerprint density at radius 1 is 1.33 bits per heavy atom. The van der Waals surface area contributed by atoms with Gasteiger partial charge in [-0.05, 0) is 25.8 Å². The molecule has 2 saturated heterocycles. The van der Waals surface area contributed by atoms with Gasteiger partial charge in [0.25, 0.3) is 0 Å². The lowest BCUT2D eigenvalue weighted by molar-refractivity contribution is 0.0375. The maximum Gasteiger partial charge on any atom is 0.0976 e. The first-order valence-electron chi connectivity index (χ1n) is 6.23. The maximum atomic E-state index is 9.07. The molecule has 15 heavy (non-hydrogen) atoms. The number of hydrogen-bond acceptors (Lipinski definition) is 3. The van der Waals surface area contributed by atoms with Crippen molar-refractivity contribution in [2.24, 2.45) is 0 Å². The molecule has 0 spiro atoms. The van der Waals surface area contributed by atoms with E-state index in [2.05, 4.69) is 22.8 Å². The molecule has 2 unspecified atom stereocenters. The standard InChI is InChI=1S/C12H21N3/c1-2-11(9-13)15-8-7-14-6-4-3-5-12(14)10-15/h11-12H,2-8,10H2,1H3. The molecule has 0 aromatic rings. The molecule has 0 bridgehead atoms. The summed E-state index contributed by atoms with van der Waals surface area (Å²) in [6, 6.07) is 3.30. The lowest BCUT2D eigenvalue weighted by Gasteiger charge is -2.45. The molecule has 2 aliphatic heterocycles. The van der Waals surface area contributed by atoms with E-state index in [0.717, 1.165) is 25.6 Å². The van der Waals surface area contributed by atoms with Crippen LogP contribution in [-0.2, 0) is 0 Å². The Bertz CT molecular complexity index is 246. The van der Waals surface area contributed by atoms with E-state index < -0.39 is 0 Å². The summed E-state index contributed by atoms with van der Waals surface area (Å²) in [5.41, 5.74) is 0. The van der Waals surface area contributed by atoms with Gasteiger partial charge in [-0.3, -0.25) is 9.80 Å². The smallest absolute Gasteiger partial charge is 0.0976 e. The average molecular weight is 207 g/mol. The molecule has 0 N–H and O–H groups in total. The van der Waals surface area contributed by atoms with E-state index in [4.69, 9.17) is 5.26 Å². The number of nitriles is 1. The summed E-state index contributed by atoms with van der Waals surface area (Å²) in [5.74, 6) is 0. The minimum absolute atomic E-state index is 0.147. The Balaban J connectivity index is 1.93. The van der Waals surface area contributed by atoms with E-state index in [-0.39, 0.29) is 6.04 Å². The molecule has 0 aromatic heterocycles. The Labute approximate surface area is 92.7 Å². The highest BCUT2D eigenvalue weighted by Crippen LogP contribution is 2.22. The number of rotatable bonds is 2. The lowest BCUT2D eigenvalue weighted by Crippen LogP contribution is -2.56. The maximum absolute atomic E-state index is 9.07. The van der Waals surface area contributed by atoms with Crippen molar-refractivity contribution in [1.82, 2.24) is 9.80 Å². The van der Waals surface area contributed by atoms with Crippen LogP contribution in [0.2, 0.25) is 0 Å². The quantitative estimate of drug-likeness (QED) is 0.686. The lowest BCUT2D eigenvalue weighted by atomic mass is 9.98. The Morgan fingerprint density at radius 2 is 2.20 bits per heavy atom. The van der Waals surface area contributed by atoms with Crippen molar-refractivity contribution in [3.05, 3.63) is 0 Å². The molecule has 2 fully saturated rings. The molecule has 0 amide bonds. The topological polar surface area (TPSA) is 30.3 Å². The molecule has 3 heteroatoms. The van der Waals surface area contributed by atoms with Gasteiger partial charge in [0.2, 0.25) is 0 Å². The summed E-state index contributed by atoms with van der Waals surface area (Å²) in [6.45, 7) is 6.76. The van der Waals surface area contributed by atoms with Crippen LogP contribution in [0.25, 0.3) is 0 Å². The molecule has 3 nitrogen and oxygen atoms in total. The Morgan fingerprint density at radius 3 is 2.93 bits per heavy atom. The van der Waals surface area contributed by atoms with E-state index >= 15 is 0 Å². The monoisotopic (exact) mass is 207 g/mol. The first-order valence-corrected chi connectivity index (χ1v) is 6.23. The van der Waals surface area contributed by atoms with Crippen LogP contribution in [0.3, 0.4) is 0 Å². The zero-order valence-electron chi connectivity index (χ0n) is 9.65. The third-order valence-corrected chi connectivity index (χ3v) is 3.85. The van der Waals surface area contributed by atoms with Crippen LogP contribution in [0.5, 0.6) is 0 Å². The molecule has 0 radical (unpaired) electrons.